The number of hydrogen-bond donors (Lipinski definition) is 4. The summed E-state index contributed by atoms with van der Waals surface area (Å²) >= 11 is 0. The third kappa shape index (κ3) is 6.04. The molecule has 4 aliphatic carbocycles. The third-order valence-corrected chi connectivity index (χ3v) is 14.0. The zero-order valence-corrected chi connectivity index (χ0v) is 29.9. The summed E-state index contributed by atoms with van der Waals surface area (Å²) in [6, 6.07) is 0. The monoisotopic (exact) mass is 660 g/mol. The predicted octanol–water partition coefficient (Wildman–Crippen LogP) is 5.37. The van der Waals surface area contributed by atoms with Gasteiger partial charge in [0.25, 0.3) is 0 Å². The van der Waals surface area contributed by atoms with E-state index in [0.29, 0.717) is 18.8 Å². The topological polar surface area (TPSA) is 143 Å². The van der Waals surface area contributed by atoms with E-state index in [-0.39, 0.29) is 39.7 Å². The highest BCUT2D eigenvalue weighted by Crippen LogP contribution is 2.72. The number of hydrogen-bond acceptors (Lipinski definition) is 9. The van der Waals surface area contributed by atoms with Gasteiger partial charge in [-0.3, -0.25) is 9.59 Å². The normalized spacial score (nSPS) is 43.2. The van der Waals surface area contributed by atoms with Crippen molar-refractivity contribution in [2.45, 2.75) is 156 Å². The minimum atomic E-state index is -1.63. The number of esters is 2. The van der Waals surface area contributed by atoms with Crippen LogP contribution in [-0.2, 0) is 23.8 Å². The Bertz CT molecular complexity index is 1270. The smallest absolute Gasteiger partial charge is 0.311 e. The van der Waals surface area contributed by atoms with E-state index in [9.17, 15) is 30.0 Å². The van der Waals surface area contributed by atoms with E-state index in [1.807, 2.05) is 13.8 Å². The Hall–Kier alpha value is -1.78. The Labute approximate surface area is 281 Å². The van der Waals surface area contributed by atoms with Gasteiger partial charge in [-0.15, -0.1) is 0 Å². The first kappa shape index (κ1) is 36.5. The number of ether oxygens (including phenoxy) is 3. The molecule has 3 fully saturated rings. The number of allylic oxidation sites excluding steroid dienone is 4. The number of aliphatic hydroxyl groups is 4. The molecular weight excluding hydrogens is 600 g/mol. The Morgan fingerprint density at radius 3 is 2.23 bits per heavy atom. The van der Waals surface area contributed by atoms with Crippen LogP contribution in [0.25, 0.3) is 0 Å². The fourth-order valence-corrected chi connectivity index (χ4v) is 11.2. The zero-order chi connectivity index (χ0) is 34.7. The average molecular weight is 661 g/mol. The number of carbonyl (C=O) groups is 2. The van der Waals surface area contributed by atoms with Crippen LogP contribution in [0.15, 0.2) is 22.8 Å². The first-order chi connectivity index (χ1) is 21.9. The largest absolute Gasteiger partial charge is 0.462 e. The van der Waals surface area contributed by atoms with Gasteiger partial charge < -0.3 is 34.6 Å². The molecule has 47 heavy (non-hydrogen) atoms. The van der Waals surface area contributed by atoms with Crippen LogP contribution in [0.3, 0.4) is 0 Å². The standard InChI is InChI=1S/C38H60O9/c1-21(2)10-9-11-23(33(44)47-34-32(43)31(42)30(41)27(20-39)46-34)24-14-18-38(8)26-12-13-28-35(4,5)29(45-22(3)40)16-17-36(28,6)25(26)15-19-37(24,38)7/h10,23-24,27-32,34,39,41-43H,9,11-20H2,1-8H3/t23-,24-,27-,28+,29-,30-,31+,32-,34+,36-,37-,38+/m1/s1. The average Bonchev–Trinajstić information content (AvgIpc) is 3.27. The summed E-state index contributed by atoms with van der Waals surface area (Å²) < 4.78 is 17.3. The number of aliphatic hydroxyl groups excluding tert-OH is 4. The summed E-state index contributed by atoms with van der Waals surface area (Å²) in [5, 5.41) is 40.9. The van der Waals surface area contributed by atoms with Crippen molar-refractivity contribution in [2.75, 3.05) is 6.61 Å². The summed E-state index contributed by atoms with van der Waals surface area (Å²) in [6.07, 6.45) is 3.77. The maximum atomic E-state index is 14.1. The second kappa shape index (κ2) is 13.2. The molecule has 9 nitrogen and oxygen atoms in total. The molecule has 2 saturated carbocycles. The van der Waals surface area contributed by atoms with E-state index in [1.54, 1.807) is 11.1 Å². The summed E-state index contributed by atoms with van der Waals surface area (Å²) in [5.41, 5.74) is 4.06. The SMILES string of the molecule is CC(=O)O[C@@H]1CC[C@]2(C)C3=C(CC[C@H]2C1(C)C)[C@]1(C)CC[C@H]([C@@H](CCC=C(C)C)C(=O)O[C@@H]2O[C@H](CO)[C@@H](O)[C@H](O)[C@H]2O)[C@@]1(C)CC3. The van der Waals surface area contributed by atoms with Crippen molar-refractivity contribution >= 4 is 11.9 Å². The Balaban J connectivity index is 1.44. The molecule has 9 heteroatoms. The Kier molecular flexibility index (Phi) is 10.2. The van der Waals surface area contributed by atoms with Gasteiger partial charge in [0.05, 0.1) is 12.5 Å². The van der Waals surface area contributed by atoms with Gasteiger partial charge in [-0.2, -0.15) is 0 Å². The lowest BCUT2D eigenvalue weighted by Crippen LogP contribution is -2.59. The summed E-state index contributed by atoms with van der Waals surface area (Å²) in [7, 11) is 0. The van der Waals surface area contributed by atoms with Crippen LogP contribution in [-0.4, -0.2) is 75.8 Å². The molecule has 4 N–H and O–H groups in total. The van der Waals surface area contributed by atoms with E-state index in [2.05, 4.69) is 40.7 Å². The van der Waals surface area contributed by atoms with Crippen molar-refractivity contribution < 1.29 is 44.2 Å². The molecule has 1 saturated heterocycles. The first-order valence-electron chi connectivity index (χ1n) is 18.0. The molecule has 12 atom stereocenters. The lowest BCUT2D eigenvalue weighted by atomic mass is 9.43. The number of rotatable bonds is 8. The van der Waals surface area contributed by atoms with E-state index in [1.165, 1.54) is 12.5 Å². The maximum absolute atomic E-state index is 14.1. The quantitative estimate of drug-likeness (QED) is 0.200. The van der Waals surface area contributed by atoms with Crippen molar-refractivity contribution in [1.29, 1.82) is 0 Å². The minimum absolute atomic E-state index is 0.0427. The molecule has 0 spiro atoms. The van der Waals surface area contributed by atoms with Gasteiger partial charge in [0.2, 0.25) is 6.29 Å². The van der Waals surface area contributed by atoms with Crippen LogP contribution < -0.4 is 0 Å². The van der Waals surface area contributed by atoms with Crippen molar-refractivity contribution in [2.24, 2.45) is 39.4 Å². The molecule has 266 valence electrons. The molecule has 1 aliphatic heterocycles. The minimum Gasteiger partial charge on any atom is -0.462 e. The molecule has 0 unspecified atom stereocenters. The fraction of sp³-hybridized carbons (Fsp3) is 0.842. The molecule has 0 bridgehead atoms. The lowest BCUT2D eigenvalue weighted by molar-refractivity contribution is -0.294. The molecule has 5 rings (SSSR count). The van der Waals surface area contributed by atoms with Crippen LogP contribution in [0.5, 0.6) is 0 Å². The van der Waals surface area contributed by atoms with Crippen LogP contribution in [0.4, 0.5) is 0 Å². The van der Waals surface area contributed by atoms with Crippen molar-refractivity contribution in [3.05, 3.63) is 22.8 Å². The summed E-state index contributed by atoms with van der Waals surface area (Å²) in [5.74, 6) is -0.650. The zero-order valence-electron chi connectivity index (χ0n) is 29.9. The van der Waals surface area contributed by atoms with E-state index < -0.39 is 49.2 Å². The molecule has 5 aliphatic rings. The van der Waals surface area contributed by atoms with Gasteiger partial charge >= 0.3 is 11.9 Å². The fourth-order valence-electron chi connectivity index (χ4n) is 11.2. The van der Waals surface area contributed by atoms with Crippen molar-refractivity contribution in [3.8, 4) is 0 Å². The molecule has 0 aromatic rings. The first-order valence-corrected chi connectivity index (χ1v) is 18.0. The number of carbonyl (C=O) groups excluding carboxylic acids is 2. The molecule has 0 aromatic carbocycles. The van der Waals surface area contributed by atoms with Crippen LogP contribution in [0.2, 0.25) is 0 Å². The lowest BCUT2D eigenvalue weighted by Gasteiger charge is -2.62. The second-order valence-electron chi connectivity index (χ2n) is 16.9. The van der Waals surface area contributed by atoms with E-state index in [4.69, 9.17) is 14.2 Å². The van der Waals surface area contributed by atoms with Gasteiger partial charge in [0, 0.05) is 12.3 Å². The molecule has 1 heterocycles. The molecular formula is C38H60O9. The van der Waals surface area contributed by atoms with E-state index in [0.717, 1.165) is 51.4 Å². The van der Waals surface area contributed by atoms with Crippen LogP contribution in [0, 0.1) is 39.4 Å². The van der Waals surface area contributed by atoms with Gasteiger partial charge in [0.15, 0.2) is 0 Å². The Morgan fingerprint density at radius 1 is 0.894 bits per heavy atom. The summed E-state index contributed by atoms with van der Waals surface area (Å²) in [4.78, 5) is 26.1. The van der Waals surface area contributed by atoms with Gasteiger partial charge in [0.1, 0.15) is 30.5 Å². The Morgan fingerprint density at radius 2 is 1.60 bits per heavy atom. The van der Waals surface area contributed by atoms with Crippen LogP contribution >= 0.6 is 0 Å². The second-order valence-corrected chi connectivity index (χ2v) is 16.9. The number of fused-ring (bicyclic) bond motifs is 4. The van der Waals surface area contributed by atoms with Crippen molar-refractivity contribution in [3.63, 3.8) is 0 Å². The molecule has 0 radical (unpaired) electrons. The van der Waals surface area contributed by atoms with Gasteiger partial charge in [-0.25, -0.2) is 0 Å². The van der Waals surface area contributed by atoms with Gasteiger partial charge in [-0.1, -0.05) is 57.4 Å². The van der Waals surface area contributed by atoms with Gasteiger partial charge in [-0.05, 0) is 106 Å². The molecule has 0 amide bonds. The third-order valence-electron chi connectivity index (χ3n) is 14.0. The highest BCUT2D eigenvalue weighted by atomic mass is 16.7. The summed E-state index contributed by atoms with van der Waals surface area (Å²) in [6.45, 7) is 16.8. The predicted molar refractivity (Wildman–Crippen MR) is 177 cm³/mol. The van der Waals surface area contributed by atoms with Crippen molar-refractivity contribution in [1.82, 2.24) is 0 Å². The highest BCUT2D eigenvalue weighted by Gasteiger charge is 2.64. The van der Waals surface area contributed by atoms with E-state index >= 15 is 0 Å². The maximum Gasteiger partial charge on any atom is 0.311 e. The van der Waals surface area contributed by atoms with Crippen LogP contribution in [0.1, 0.15) is 120 Å². The molecule has 0 aromatic heterocycles. The highest BCUT2D eigenvalue weighted by molar-refractivity contribution is 5.73.